The highest BCUT2D eigenvalue weighted by atomic mass is 79.9. The van der Waals surface area contributed by atoms with E-state index in [1.54, 1.807) is 18.2 Å². The Morgan fingerprint density at radius 2 is 1.65 bits per heavy atom. The van der Waals surface area contributed by atoms with E-state index in [4.69, 9.17) is 4.74 Å². The van der Waals surface area contributed by atoms with E-state index in [2.05, 4.69) is 44.1 Å². The lowest BCUT2D eigenvalue weighted by atomic mass is 10.1. The highest BCUT2D eigenvalue weighted by molar-refractivity contribution is 9.10. The van der Waals surface area contributed by atoms with Crippen molar-refractivity contribution in [3.05, 3.63) is 107 Å². The molecule has 0 unspecified atom stereocenters. The van der Waals surface area contributed by atoms with Crippen LogP contribution in [0.3, 0.4) is 0 Å². The van der Waals surface area contributed by atoms with Gasteiger partial charge in [0.1, 0.15) is 12.4 Å². The Hall–Kier alpha value is -3.16. The number of rotatable bonds is 7. The standard InChI is InChI=1S/C24H19BrN2O3S/c25-21-13-14-24(30-17-19-9-6-8-18-7-4-5-12-23(18)19)20(15-21)16-26-27-31(28,29)22-10-2-1-3-11-22/h1-16,27H,17H2/b26-16-. The lowest BCUT2D eigenvalue weighted by molar-refractivity contribution is 0.307. The van der Waals surface area contributed by atoms with Crippen LogP contribution in [0.15, 0.2) is 105 Å². The molecule has 0 fully saturated rings. The molecule has 0 aliphatic rings. The summed E-state index contributed by atoms with van der Waals surface area (Å²) < 4.78 is 31.6. The van der Waals surface area contributed by atoms with Gasteiger partial charge in [-0.3, -0.25) is 0 Å². The van der Waals surface area contributed by atoms with Crippen LogP contribution in [0.25, 0.3) is 10.8 Å². The zero-order valence-electron chi connectivity index (χ0n) is 16.4. The van der Waals surface area contributed by atoms with E-state index in [-0.39, 0.29) is 4.90 Å². The van der Waals surface area contributed by atoms with Crippen LogP contribution in [0.1, 0.15) is 11.1 Å². The summed E-state index contributed by atoms with van der Waals surface area (Å²) in [7, 11) is -3.73. The number of halogens is 1. The molecule has 5 nitrogen and oxygen atoms in total. The maximum atomic E-state index is 12.3. The first kappa shape index (κ1) is 21.1. The monoisotopic (exact) mass is 494 g/mol. The lowest BCUT2D eigenvalue weighted by Crippen LogP contribution is -2.18. The number of nitrogens with one attached hydrogen (secondary N) is 1. The van der Waals surface area contributed by atoms with Crippen LogP contribution in [0.5, 0.6) is 5.75 Å². The van der Waals surface area contributed by atoms with Gasteiger partial charge >= 0.3 is 0 Å². The van der Waals surface area contributed by atoms with Crippen molar-refractivity contribution in [1.29, 1.82) is 0 Å². The second-order valence-corrected chi connectivity index (χ2v) is 9.35. The lowest BCUT2D eigenvalue weighted by Gasteiger charge is -2.11. The van der Waals surface area contributed by atoms with Crippen molar-refractivity contribution in [1.82, 2.24) is 4.83 Å². The SMILES string of the molecule is O=S(=O)(N/N=C\c1cc(Br)ccc1OCc1cccc2ccccc12)c1ccccc1. The van der Waals surface area contributed by atoms with E-state index in [0.717, 1.165) is 20.8 Å². The van der Waals surface area contributed by atoms with Crippen molar-refractivity contribution in [2.24, 2.45) is 5.10 Å². The van der Waals surface area contributed by atoms with Crippen LogP contribution in [-0.4, -0.2) is 14.6 Å². The Labute approximate surface area is 189 Å². The number of fused-ring (bicyclic) bond motifs is 1. The predicted molar refractivity (Wildman–Crippen MR) is 127 cm³/mol. The quantitative estimate of drug-likeness (QED) is 0.272. The number of nitrogens with zero attached hydrogens (tertiary/aromatic N) is 1. The molecule has 0 saturated heterocycles. The summed E-state index contributed by atoms with van der Waals surface area (Å²) in [4.78, 5) is 2.39. The van der Waals surface area contributed by atoms with Crippen LogP contribution >= 0.6 is 15.9 Å². The molecule has 0 aliphatic heterocycles. The largest absolute Gasteiger partial charge is 0.488 e. The molecule has 0 aliphatic carbocycles. The van der Waals surface area contributed by atoms with E-state index in [9.17, 15) is 8.42 Å². The summed E-state index contributed by atoms with van der Waals surface area (Å²) in [5.74, 6) is 0.596. The molecule has 0 heterocycles. The summed E-state index contributed by atoms with van der Waals surface area (Å²) in [6.07, 6.45) is 1.43. The fourth-order valence-corrected chi connectivity index (χ4v) is 4.33. The van der Waals surface area contributed by atoms with E-state index in [1.165, 1.54) is 18.3 Å². The molecular formula is C24H19BrN2O3S. The third kappa shape index (κ3) is 5.13. The van der Waals surface area contributed by atoms with Crippen molar-refractivity contribution in [3.63, 3.8) is 0 Å². The highest BCUT2D eigenvalue weighted by Gasteiger charge is 2.12. The summed E-state index contributed by atoms with van der Waals surface area (Å²) in [5, 5.41) is 6.21. The van der Waals surface area contributed by atoms with Gasteiger partial charge in [-0.1, -0.05) is 76.6 Å². The van der Waals surface area contributed by atoms with Crippen molar-refractivity contribution in [2.75, 3.05) is 0 Å². The first-order chi connectivity index (χ1) is 15.0. The van der Waals surface area contributed by atoms with Gasteiger partial charge in [0, 0.05) is 10.0 Å². The molecule has 1 N–H and O–H groups in total. The maximum Gasteiger partial charge on any atom is 0.276 e. The van der Waals surface area contributed by atoms with E-state index in [1.807, 2.05) is 42.5 Å². The second kappa shape index (κ2) is 9.32. The molecule has 0 saturated carbocycles. The zero-order chi connectivity index (χ0) is 21.7. The number of hydrogen-bond acceptors (Lipinski definition) is 4. The molecule has 0 aromatic heterocycles. The highest BCUT2D eigenvalue weighted by Crippen LogP contribution is 2.25. The maximum absolute atomic E-state index is 12.3. The summed E-state index contributed by atoms with van der Waals surface area (Å²) in [5.41, 5.74) is 1.71. The molecule has 7 heteroatoms. The Balaban J connectivity index is 1.53. The molecular weight excluding hydrogens is 476 g/mol. The minimum Gasteiger partial charge on any atom is -0.488 e. The minimum atomic E-state index is -3.73. The Bertz CT molecular complexity index is 1330. The van der Waals surface area contributed by atoms with Gasteiger partial charge in [-0.05, 0) is 46.7 Å². The van der Waals surface area contributed by atoms with Crippen molar-refractivity contribution in [3.8, 4) is 5.75 Å². The first-order valence-corrected chi connectivity index (χ1v) is 11.8. The van der Waals surface area contributed by atoms with Crippen molar-refractivity contribution >= 4 is 42.9 Å². The predicted octanol–water partition coefficient (Wildman–Crippen LogP) is 5.49. The Kier molecular flexibility index (Phi) is 6.34. The molecule has 4 aromatic rings. The third-order valence-corrected chi connectivity index (χ3v) is 6.40. The van der Waals surface area contributed by atoms with Gasteiger partial charge in [0.25, 0.3) is 10.0 Å². The van der Waals surface area contributed by atoms with Crippen molar-refractivity contribution < 1.29 is 13.2 Å². The number of ether oxygens (including phenoxy) is 1. The van der Waals surface area contributed by atoms with Gasteiger partial charge in [0.05, 0.1) is 11.1 Å². The van der Waals surface area contributed by atoms with Gasteiger partial charge in [0.15, 0.2) is 0 Å². The summed E-state index contributed by atoms with van der Waals surface area (Å²) >= 11 is 3.44. The summed E-state index contributed by atoms with van der Waals surface area (Å²) in [6, 6.07) is 27.8. The normalized spacial score (nSPS) is 11.6. The molecule has 156 valence electrons. The molecule has 0 radical (unpaired) electrons. The Morgan fingerprint density at radius 1 is 0.903 bits per heavy atom. The summed E-state index contributed by atoms with van der Waals surface area (Å²) in [6.45, 7) is 0.375. The molecule has 31 heavy (non-hydrogen) atoms. The van der Waals surface area contributed by atoms with Gasteiger partial charge in [-0.15, -0.1) is 0 Å². The first-order valence-electron chi connectivity index (χ1n) is 9.52. The minimum absolute atomic E-state index is 0.147. The van der Waals surface area contributed by atoms with Crippen LogP contribution in [0, 0.1) is 0 Å². The molecule has 0 amide bonds. The number of hydrazone groups is 1. The van der Waals surface area contributed by atoms with Gasteiger partial charge in [-0.2, -0.15) is 13.5 Å². The van der Waals surface area contributed by atoms with E-state index in [0.29, 0.717) is 17.9 Å². The second-order valence-electron chi connectivity index (χ2n) is 6.78. The van der Waals surface area contributed by atoms with Crippen LogP contribution < -0.4 is 9.57 Å². The van der Waals surface area contributed by atoms with Crippen LogP contribution in [0.2, 0.25) is 0 Å². The molecule has 4 rings (SSSR count). The molecule has 0 bridgehead atoms. The van der Waals surface area contributed by atoms with Crippen molar-refractivity contribution in [2.45, 2.75) is 11.5 Å². The zero-order valence-corrected chi connectivity index (χ0v) is 18.8. The number of benzene rings is 4. The average molecular weight is 495 g/mol. The van der Waals surface area contributed by atoms with Gasteiger partial charge < -0.3 is 4.74 Å². The van der Waals surface area contributed by atoms with E-state index < -0.39 is 10.0 Å². The number of sulfonamides is 1. The van der Waals surface area contributed by atoms with Crippen LogP contribution in [-0.2, 0) is 16.6 Å². The topological polar surface area (TPSA) is 67.8 Å². The third-order valence-electron chi connectivity index (χ3n) is 4.66. The van der Waals surface area contributed by atoms with E-state index >= 15 is 0 Å². The number of hydrogen-bond donors (Lipinski definition) is 1. The smallest absolute Gasteiger partial charge is 0.276 e. The molecule has 0 atom stereocenters. The Morgan fingerprint density at radius 3 is 2.48 bits per heavy atom. The fourth-order valence-electron chi connectivity index (χ4n) is 3.14. The molecule has 0 spiro atoms. The van der Waals surface area contributed by atoms with Gasteiger partial charge in [0.2, 0.25) is 0 Å². The van der Waals surface area contributed by atoms with Gasteiger partial charge in [-0.25, -0.2) is 4.83 Å². The van der Waals surface area contributed by atoms with Crippen LogP contribution in [0.4, 0.5) is 0 Å². The fraction of sp³-hybridized carbons (Fsp3) is 0.0417. The average Bonchev–Trinajstić information content (AvgIpc) is 2.79. The molecule has 4 aromatic carbocycles.